The first-order valence-electron chi connectivity index (χ1n) is 7.31. The van der Waals surface area contributed by atoms with Crippen LogP contribution in [0.2, 0.25) is 0 Å². The highest BCUT2D eigenvalue weighted by Crippen LogP contribution is 2.40. The Balaban J connectivity index is 1.71. The SMILES string of the molecule is NC(c1ccccc1)C1CCOC2(CCOCC2)C1. The van der Waals surface area contributed by atoms with E-state index in [2.05, 4.69) is 24.3 Å². The van der Waals surface area contributed by atoms with Crippen molar-refractivity contribution < 1.29 is 9.47 Å². The van der Waals surface area contributed by atoms with Gasteiger partial charge in [0.25, 0.3) is 0 Å². The van der Waals surface area contributed by atoms with Gasteiger partial charge in [0.1, 0.15) is 0 Å². The molecule has 2 aliphatic rings. The molecule has 0 aliphatic carbocycles. The van der Waals surface area contributed by atoms with E-state index >= 15 is 0 Å². The normalized spacial score (nSPS) is 28.2. The summed E-state index contributed by atoms with van der Waals surface area (Å²) >= 11 is 0. The van der Waals surface area contributed by atoms with Gasteiger partial charge < -0.3 is 15.2 Å². The zero-order valence-electron chi connectivity index (χ0n) is 11.4. The molecule has 0 bridgehead atoms. The number of rotatable bonds is 2. The quantitative estimate of drug-likeness (QED) is 0.890. The number of hydrogen-bond acceptors (Lipinski definition) is 3. The number of hydrogen-bond donors (Lipinski definition) is 1. The van der Waals surface area contributed by atoms with E-state index in [1.54, 1.807) is 0 Å². The van der Waals surface area contributed by atoms with Gasteiger partial charge in [0.05, 0.1) is 5.60 Å². The molecule has 0 saturated carbocycles. The molecule has 1 aromatic rings. The minimum Gasteiger partial charge on any atom is -0.381 e. The summed E-state index contributed by atoms with van der Waals surface area (Å²) in [6.45, 7) is 2.49. The first-order chi connectivity index (χ1) is 9.29. The zero-order valence-corrected chi connectivity index (χ0v) is 11.4. The van der Waals surface area contributed by atoms with E-state index in [0.29, 0.717) is 5.92 Å². The maximum absolute atomic E-state index is 6.47. The molecular formula is C16H23NO2. The fraction of sp³-hybridized carbons (Fsp3) is 0.625. The average molecular weight is 261 g/mol. The Hall–Kier alpha value is -0.900. The summed E-state index contributed by atoms with van der Waals surface area (Å²) in [5.41, 5.74) is 7.76. The molecular weight excluding hydrogens is 238 g/mol. The van der Waals surface area contributed by atoms with Crippen LogP contribution in [0, 0.1) is 5.92 Å². The molecule has 0 aromatic heterocycles. The Labute approximate surface area is 115 Å². The molecule has 3 nitrogen and oxygen atoms in total. The van der Waals surface area contributed by atoms with Crippen LogP contribution in [0.25, 0.3) is 0 Å². The van der Waals surface area contributed by atoms with E-state index < -0.39 is 0 Å². The maximum Gasteiger partial charge on any atom is 0.0729 e. The third kappa shape index (κ3) is 2.83. The number of benzene rings is 1. The van der Waals surface area contributed by atoms with Crippen LogP contribution in [-0.2, 0) is 9.47 Å². The van der Waals surface area contributed by atoms with E-state index in [4.69, 9.17) is 15.2 Å². The Morgan fingerprint density at radius 3 is 2.58 bits per heavy atom. The van der Waals surface area contributed by atoms with Gasteiger partial charge in [-0.1, -0.05) is 30.3 Å². The molecule has 2 N–H and O–H groups in total. The van der Waals surface area contributed by atoms with Crippen molar-refractivity contribution in [2.45, 2.75) is 37.3 Å². The van der Waals surface area contributed by atoms with Gasteiger partial charge in [-0.3, -0.25) is 0 Å². The standard InChI is InChI=1S/C16H23NO2/c17-15(13-4-2-1-3-5-13)14-6-9-19-16(12-14)7-10-18-11-8-16/h1-5,14-15H,6-12,17H2. The predicted octanol–water partition coefficient (Wildman–Crippen LogP) is 2.66. The second kappa shape index (κ2) is 5.61. The van der Waals surface area contributed by atoms with Crippen LogP contribution in [0.1, 0.15) is 37.3 Å². The lowest BCUT2D eigenvalue weighted by atomic mass is 9.76. The van der Waals surface area contributed by atoms with Crippen LogP contribution >= 0.6 is 0 Å². The van der Waals surface area contributed by atoms with Crippen molar-refractivity contribution in [2.24, 2.45) is 11.7 Å². The van der Waals surface area contributed by atoms with Crippen molar-refractivity contribution in [3.05, 3.63) is 35.9 Å². The molecule has 2 heterocycles. The molecule has 19 heavy (non-hydrogen) atoms. The first kappa shape index (κ1) is 13.1. The molecule has 1 aromatic carbocycles. The van der Waals surface area contributed by atoms with Crippen molar-refractivity contribution in [1.29, 1.82) is 0 Å². The summed E-state index contributed by atoms with van der Waals surface area (Å²) in [4.78, 5) is 0. The van der Waals surface area contributed by atoms with Gasteiger partial charge in [-0.25, -0.2) is 0 Å². The van der Waals surface area contributed by atoms with Crippen molar-refractivity contribution in [3.8, 4) is 0 Å². The molecule has 104 valence electrons. The van der Waals surface area contributed by atoms with Crippen molar-refractivity contribution >= 4 is 0 Å². The van der Waals surface area contributed by atoms with Crippen LogP contribution in [0.4, 0.5) is 0 Å². The van der Waals surface area contributed by atoms with E-state index in [1.165, 1.54) is 5.56 Å². The van der Waals surface area contributed by atoms with Crippen LogP contribution in [0.15, 0.2) is 30.3 Å². The lowest BCUT2D eigenvalue weighted by Crippen LogP contribution is -2.46. The van der Waals surface area contributed by atoms with Gasteiger partial charge in [-0.2, -0.15) is 0 Å². The summed E-state index contributed by atoms with van der Waals surface area (Å²) in [7, 11) is 0. The van der Waals surface area contributed by atoms with Crippen molar-refractivity contribution in [2.75, 3.05) is 19.8 Å². The minimum absolute atomic E-state index is 0.0353. The van der Waals surface area contributed by atoms with Gasteiger partial charge in [0.2, 0.25) is 0 Å². The van der Waals surface area contributed by atoms with Crippen LogP contribution in [-0.4, -0.2) is 25.4 Å². The van der Waals surface area contributed by atoms with E-state index in [1.807, 2.05) is 6.07 Å². The van der Waals surface area contributed by atoms with Crippen LogP contribution in [0.3, 0.4) is 0 Å². The molecule has 1 spiro atoms. The van der Waals surface area contributed by atoms with Crippen LogP contribution in [0.5, 0.6) is 0 Å². The fourth-order valence-corrected chi connectivity index (χ4v) is 3.41. The van der Waals surface area contributed by atoms with Crippen molar-refractivity contribution in [3.63, 3.8) is 0 Å². The highest BCUT2D eigenvalue weighted by molar-refractivity contribution is 5.19. The summed E-state index contributed by atoms with van der Waals surface area (Å²) in [6.07, 6.45) is 4.18. The highest BCUT2D eigenvalue weighted by atomic mass is 16.5. The Kier molecular flexibility index (Phi) is 3.87. The topological polar surface area (TPSA) is 44.5 Å². The first-order valence-corrected chi connectivity index (χ1v) is 7.31. The van der Waals surface area contributed by atoms with Crippen molar-refractivity contribution in [1.82, 2.24) is 0 Å². The second-order valence-corrected chi connectivity index (χ2v) is 5.83. The Bertz CT molecular complexity index is 395. The highest BCUT2D eigenvalue weighted by Gasteiger charge is 2.40. The summed E-state index contributed by atoms with van der Waals surface area (Å²) < 4.78 is 11.6. The van der Waals surface area contributed by atoms with E-state index in [-0.39, 0.29) is 11.6 Å². The lowest BCUT2D eigenvalue weighted by Gasteiger charge is -2.44. The van der Waals surface area contributed by atoms with Gasteiger partial charge in [-0.15, -0.1) is 0 Å². The predicted molar refractivity (Wildman–Crippen MR) is 74.8 cm³/mol. The molecule has 3 heteroatoms. The fourth-order valence-electron chi connectivity index (χ4n) is 3.41. The smallest absolute Gasteiger partial charge is 0.0729 e. The maximum atomic E-state index is 6.47. The molecule has 2 aliphatic heterocycles. The summed E-state index contributed by atoms with van der Waals surface area (Å²) in [5.74, 6) is 0.522. The van der Waals surface area contributed by atoms with E-state index in [0.717, 1.165) is 45.5 Å². The van der Waals surface area contributed by atoms with Gasteiger partial charge >= 0.3 is 0 Å². The molecule has 2 unspecified atom stereocenters. The minimum atomic E-state index is 0.0353. The van der Waals surface area contributed by atoms with Gasteiger partial charge in [0, 0.05) is 25.9 Å². The molecule has 0 radical (unpaired) electrons. The number of nitrogens with two attached hydrogens (primary N) is 1. The monoisotopic (exact) mass is 261 g/mol. The second-order valence-electron chi connectivity index (χ2n) is 5.83. The molecule has 2 saturated heterocycles. The largest absolute Gasteiger partial charge is 0.381 e. The zero-order chi connectivity index (χ0) is 13.1. The Morgan fingerprint density at radius 1 is 1.11 bits per heavy atom. The lowest BCUT2D eigenvalue weighted by molar-refractivity contribution is -0.149. The number of ether oxygens (including phenoxy) is 2. The van der Waals surface area contributed by atoms with E-state index in [9.17, 15) is 0 Å². The molecule has 2 fully saturated rings. The third-order valence-electron chi connectivity index (χ3n) is 4.63. The van der Waals surface area contributed by atoms with Gasteiger partial charge in [-0.05, 0) is 37.2 Å². The summed E-state index contributed by atoms with van der Waals surface area (Å²) in [6, 6.07) is 10.6. The van der Waals surface area contributed by atoms with Gasteiger partial charge in [0.15, 0.2) is 0 Å². The molecule has 2 atom stereocenters. The average Bonchev–Trinajstić information content (AvgIpc) is 2.48. The summed E-state index contributed by atoms with van der Waals surface area (Å²) in [5, 5.41) is 0. The molecule has 0 amide bonds. The molecule has 3 rings (SSSR count). The third-order valence-corrected chi connectivity index (χ3v) is 4.63. The van der Waals surface area contributed by atoms with Crippen LogP contribution < -0.4 is 5.73 Å². The Morgan fingerprint density at radius 2 is 1.84 bits per heavy atom.